The van der Waals surface area contributed by atoms with Gasteiger partial charge in [-0.1, -0.05) is 42.5 Å². The maximum absolute atomic E-state index is 12.8. The zero-order valence-electron chi connectivity index (χ0n) is 8.33. The van der Waals surface area contributed by atoms with E-state index in [0.29, 0.717) is 0 Å². The van der Waals surface area contributed by atoms with E-state index in [1.165, 1.54) is 22.3 Å². The Morgan fingerprint density at radius 2 is 1.73 bits per heavy atom. The van der Waals surface area contributed by atoms with Crippen LogP contribution in [0.2, 0.25) is 0 Å². The van der Waals surface area contributed by atoms with Gasteiger partial charge in [0, 0.05) is 0 Å². The average molecular weight is 198 g/mol. The fraction of sp³-hybridized carbons (Fsp3) is 0.143. The van der Waals surface area contributed by atoms with Crippen molar-refractivity contribution in [3.63, 3.8) is 0 Å². The number of halogens is 1. The second-order valence-electron chi connectivity index (χ2n) is 3.91. The summed E-state index contributed by atoms with van der Waals surface area (Å²) in [4.78, 5) is 0. The molecule has 0 nitrogen and oxygen atoms in total. The average Bonchev–Trinajstić information content (AvgIpc) is 2.67. The normalized spacial score (nSPS) is 12.3. The van der Waals surface area contributed by atoms with E-state index >= 15 is 0 Å². The van der Waals surface area contributed by atoms with Crippen molar-refractivity contribution in [2.24, 2.45) is 0 Å². The SMILES string of the molecule is FCc1cccc2c1Cc1ccccc1-2. The van der Waals surface area contributed by atoms with Gasteiger partial charge < -0.3 is 0 Å². The van der Waals surface area contributed by atoms with Crippen LogP contribution in [0.1, 0.15) is 16.7 Å². The molecule has 0 radical (unpaired) electrons. The smallest absolute Gasteiger partial charge is 0.115 e. The molecule has 74 valence electrons. The summed E-state index contributed by atoms with van der Waals surface area (Å²) < 4.78 is 12.8. The number of rotatable bonds is 1. The quantitative estimate of drug-likeness (QED) is 0.559. The Morgan fingerprint density at radius 1 is 0.933 bits per heavy atom. The van der Waals surface area contributed by atoms with Crippen LogP contribution in [0.3, 0.4) is 0 Å². The standard InChI is InChI=1S/C14H11F/c15-9-11-5-3-7-13-12-6-2-1-4-10(12)8-14(11)13/h1-7H,8-9H2. The number of alkyl halides is 1. The van der Waals surface area contributed by atoms with E-state index in [9.17, 15) is 4.39 Å². The summed E-state index contributed by atoms with van der Waals surface area (Å²) in [7, 11) is 0. The summed E-state index contributed by atoms with van der Waals surface area (Å²) in [5.74, 6) is 0. The van der Waals surface area contributed by atoms with Crippen molar-refractivity contribution >= 4 is 0 Å². The molecule has 0 N–H and O–H groups in total. The first kappa shape index (κ1) is 8.66. The van der Waals surface area contributed by atoms with E-state index in [-0.39, 0.29) is 6.67 Å². The first-order valence-corrected chi connectivity index (χ1v) is 5.15. The molecular weight excluding hydrogens is 187 g/mol. The van der Waals surface area contributed by atoms with Crippen molar-refractivity contribution in [3.05, 3.63) is 59.2 Å². The molecule has 1 heteroatoms. The molecule has 15 heavy (non-hydrogen) atoms. The first-order valence-electron chi connectivity index (χ1n) is 5.15. The third kappa shape index (κ3) is 1.19. The molecule has 0 saturated heterocycles. The number of fused-ring (bicyclic) bond motifs is 3. The van der Waals surface area contributed by atoms with Crippen molar-refractivity contribution in [2.75, 3.05) is 0 Å². The lowest BCUT2D eigenvalue weighted by Crippen LogP contribution is -1.88. The fourth-order valence-electron chi connectivity index (χ4n) is 2.35. The van der Waals surface area contributed by atoms with Gasteiger partial charge in [-0.3, -0.25) is 0 Å². The summed E-state index contributed by atoms with van der Waals surface area (Å²) in [5, 5.41) is 0. The summed E-state index contributed by atoms with van der Waals surface area (Å²) in [6.07, 6.45) is 0.881. The molecule has 2 aromatic rings. The van der Waals surface area contributed by atoms with Crippen molar-refractivity contribution in [3.8, 4) is 11.1 Å². The Bertz CT molecular complexity index is 514. The molecule has 0 amide bonds. The Hall–Kier alpha value is -1.63. The van der Waals surface area contributed by atoms with Crippen LogP contribution in [0.4, 0.5) is 4.39 Å². The largest absolute Gasteiger partial charge is 0.246 e. The van der Waals surface area contributed by atoms with Gasteiger partial charge in [-0.15, -0.1) is 0 Å². The van der Waals surface area contributed by atoms with Crippen molar-refractivity contribution in [1.82, 2.24) is 0 Å². The minimum absolute atomic E-state index is 0.364. The van der Waals surface area contributed by atoms with E-state index in [4.69, 9.17) is 0 Å². The van der Waals surface area contributed by atoms with Gasteiger partial charge in [0.05, 0.1) is 0 Å². The molecule has 1 aliphatic carbocycles. The second-order valence-corrected chi connectivity index (χ2v) is 3.91. The van der Waals surface area contributed by atoms with Crippen LogP contribution in [-0.2, 0) is 13.1 Å². The highest BCUT2D eigenvalue weighted by atomic mass is 19.1. The molecule has 1 aliphatic rings. The van der Waals surface area contributed by atoms with E-state index in [0.717, 1.165) is 12.0 Å². The van der Waals surface area contributed by atoms with E-state index < -0.39 is 0 Å². The lowest BCUT2D eigenvalue weighted by Gasteiger charge is -2.03. The van der Waals surface area contributed by atoms with Crippen LogP contribution in [-0.4, -0.2) is 0 Å². The zero-order valence-corrected chi connectivity index (χ0v) is 8.33. The fourth-order valence-corrected chi connectivity index (χ4v) is 2.35. The minimum atomic E-state index is -0.364. The third-order valence-electron chi connectivity index (χ3n) is 3.09. The van der Waals surface area contributed by atoms with Crippen LogP contribution >= 0.6 is 0 Å². The lowest BCUT2D eigenvalue weighted by atomic mass is 10.0. The molecular formula is C14H11F. The Labute approximate surface area is 88.4 Å². The molecule has 0 bridgehead atoms. The Kier molecular flexibility index (Phi) is 1.84. The highest BCUT2D eigenvalue weighted by Gasteiger charge is 2.19. The first-order chi connectivity index (χ1) is 7.40. The molecule has 0 atom stereocenters. The van der Waals surface area contributed by atoms with Crippen LogP contribution in [0.15, 0.2) is 42.5 Å². The van der Waals surface area contributed by atoms with Gasteiger partial charge in [0.1, 0.15) is 6.67 Å². The highest BCUT2D eigenvalue weighted by molar-refractivity contribution is 5.77. The molecule has 0 fully saturated rings. The van der Waals surface area contributed by atoms with Crippen LogP contribution in [0.25, 0.3) is 11.1 Å². The predicted molar refractivity (Wildman–Crippen MR) is 59.5 cm³/mol. The molecule has 3 rings (SSSR count). The summed E-state index contributed by atoms with van der Waals surface area (Å²) in [6, 6.07) is 14.2. The molecule has 0 aliphatic heterocycles. The monoisotopic (exact) mass is 198 g/mol. The molecule has 0 unspecified atom stereocenters. The van der Waals surface area contributed by atoms with E-state index in [1.807, 2.05) is 24.3 Å². The molecule has 0 spiro atoms. The van der Waals surface area contributed by atoms with E-state index in [2.05, 4.69) is 18.2 Å². The minimum Gasteiger partial charge on any atom is -0.246 e. The molecule has 0 heterocycles. The lowest BCUT2D eigenvalue weighted by molar-refractivity contribution is 0.483. The van der Waals surface area contributed by atoms with Crippen LogP contribution < -0.4 is 0 Å². The second kappa shape index (κ2) is 3.20. The predicted octanol–water partition coefficient (Wildman–Crippen LogP) is 3.73. The maximum Gasteiger partial charge on any atom is 0.115 e. The summed E-state index contributed by atoms with van der Waals surface area (Å²) >= 11 is 0. The van der Waals surface area contributed by atoms with Gasteiger partial charge in [0.2, 0.25) is 0 Å². The van der Waals surface area contributed by atoms with Crippen LogP contribution in [0, 0.1) is 0 Å². The molecule has 0 aromatic heterocycles. The van der Waals surface area contributed by atoms with Gasteiger partial charge in [-0.05, 0) is 34.2 Å². The van der Waals surface area contributed by atoms with Crippen molar-refractivity contribution < 1.29 is 4.39 Å². The van der Waals surface area contributed by atoms with Gasteiger partial charge in [-0.25, -0.2) is 4.39 Å². The molecule has 0 saturated carbocycles. The molecule has 2 aromatic carbocycles. The third-order valence-corrected chi connectivity index (χ3v) is 3.09. The summed E-state index contributed by atoms with van der Waals surface area (Å²) in [5.41, 5.74) is 5.79. The highest BCUT2D eigenvalue weighted by Crippen LogP contribution is 2.38. The van der Waals surface area contributed by atoms with Gasteiger partial charge in [0.25, 0.3) is 0 Å². The maximum atomic E-state index is 12.8. The Balaban J connectivity index is 2.26. The summed E-state index contributed by atoms with van der Waals surface area (Å²) in [6.45, 7) is -0.364. The number of hydrogen-bond acceptors (Lipinski definition) is 0. The Morgan fingerprint density at radius 3 is 2.60 bits per heavy atom. The van der Waals surface area contributed by atoms with Gasteiger partial charge >= 0.3 is 0 Å². The number of benzene rings is 2. The van der Waals surface area contributed by atoms with Crippen LogP contribution in [0.5, 0.6) is 0 Å². The van der Waals surface area contributed by atoms with Crippen molar-refractivity contribution in [2.45, 2.75) is 13.1 Å². The topological polar surface area (TPSA) is 0 Å². The van der Waals surface area contributed by atoms with Gasteiger partial charge in [0.15, 0.2) is 0 Å². The van der Waals surface area contributed by atoms with Gasteiger partial charge in [-0.2, -0.15) is 0 Å². The number of hydrogen-bond donors (Lipinski definition) is 0. The zero-order chi connectivity index (χ0) is 10.3. The van der Waals surface area contributed by atoms with E-state index in [1.54, 1.807) is 0 Å². The van der Waals surface area contributed by atoms with Crippen molar-refractivity contribution in [1.29, 1.82) is 0 Å².